The minimum atomic E-state index is -0.677. The van der Waals surface area contributed by atoms with E-state index in [-0.39, 0.29) is 12.5 Å². The summed E-state index contributed by atoms with van der Waals surface area (Å²) in [5.74, 6) is -0.0624. The average molecular weight is 768 g/mol. The van der Waals surface area contributed by atoms with Crippen molar-refractivity contribution in [3.05, 3.63) is 60.8 Å². The summed E-state index contributed by atoms with van der Waals surface area (Å²) in [5.41, 5.74) is 0. The highest BCUT2D eigenvalue weighted by molar-refractivity contribution is 5.76. The molecule has 0 spiro atoms. The van der Waals surface area contributed by atoms with E-state index < -0.39 is 12.1 Å². The number of rotatable bonds is 43. The number of aliphatic hydroxyl groups is 2. The number of unbranched alkanes of at least 4 members (excludes halogenated alkanes) is 26. The lowest BCUT2D eigenvalue weighted by Gasteiger charge is -2.22. The summed E-state index contributed by atoms with van der Waals surface area (Å²) in [5, 5.41) is 23.2. The molecule has 0 fully saturated rings. The normalized spacial score (nSPS) is 13.5. The van der Waals surface area contributed by atoms with Crippen molar-refractivity contribution >= 4 is 5.91 Å². The molecule has 2 atom stereocenters. The van der Waals surface area contributed by atoms with E-state index in [2.05, 4.69) is 79.9 Å². The molecule has 55 heavy (non-hydrogen) atoms. The van der Waals surface area contributed by atoms with Crippen molar-refractivity contribution < 1.29 is 15.0 Å². The molecule has 0 radical (unpaired) electrons. The Morgan fingerprint density at radius 1 is 0.455 bits per heavy atom. The highest BCUT2D eigenvalue weighted by atomic mass is 16.3. The first-order chi connectivity index (χ1) is 27.2. The van der Waals surface area contributed by atoms with Gasteiger partial charge < -0.3 is 15.5 Å². The summed E-state index contributed by atoms with van der Waals surface area (Å²) in [6, 6.07) is -0.557. The van der Waals surface area contributed by atoms with Crippen molar-refractivity contribution in [3.63, 3.8) is 0 Å². The summed E-state index contributed by atoms with van der Waals surface area (Å²) in [6.07, 6.45) is 64.6. The zero-order valence-electron chi connectivity index (χ0n) is 36.7. The maximum Gasteiger partial charge on any atom is 0.220 e. The van der Waals surface area contributed by atoms with Crippen LogP contribution in [0.15, 0.2) is 60.8 Å². The van der Waals surface area contributed by atoms with Crippen LogP contribution in [0.3, 0.4) is 0 Å². The van der Waals surface area contributed by atoms with Gasteiger partial charge in [0.15, 0.2) is 0 Å². The van der Waals surface area contributed by atoms with Crippen LogP contribution in [0.1, 0.15) is 239 Å². The molecule has 3 N–H and O–H groups in total. The molecule has 0 heterocycles. The van der Waals surface area contributed by atoms with Crippen molar-refractivity contribution in [1.82, 2.24) is 5.32 Å². The molecule has 0 rings (SSSR count). The summed E-state index contributed by atoms with van der Waals surface area (Å²) >= 11 is 0. The molecule has 0 bridgehead atoms. The van der Waals surface area contributed by atoms with Gasteiger partial charge in [-0.15, -0.1) is 0 Å². The van der Waals surface area contributed by atoms with Gasteiger partial charge >= 0.3 is 0 Å². The smallest absolute Gasteiger partial charge is 0.220 e. The van der Waals surface area contributed by atoms with Crippen LogP contribution in [0.2, 0.25) is 0 Å². The summed E-state index contributed by atoms with van der Waals surface area (Å²) < 4.78 is 0. The SMILES string of the molecule is CC/C=C\C/C=C\C/C=C\C/C=C\C/C=C\CCCCCC(=O)NC(CO)C(O)CCCCCCCCCCCCCCCCCCCCCCCCCC. The predicted octanol–water partition coefficient (Wildman–Crippen LogP) is 15.3. The number of carbonyl (C=O) groups excluding carboxylic acids is 1. The Kier molecular flexibility index (Phi) is 44.9. The molecule has 0 aromatic rings. The van der Waals surface area contributed by atoms with E-state index in [1.165, 1.54) is 141 Å². The first kappa shape index (κ1) is 53.1. The van der Waals surface area contributed by atoms with Crippen LogP contribution >= 0.6 is 0 Å². The van der Waals surface area contributed by atoms with Gasteiger partial charge in [-0.3, -0.25) is 4.79 Å². The maximum absolute atomic E-state index is 12.4. The van der Waals surface area contributed by atoms with Crippen molar-refractivity contribution in [2.45, 2.75) is 251 Å². The number of allylic oxidation sites excluding steroid dienone is 10. The molecule has 4 heteroatoms. The lowest BCUT2D eigenvalue weighted by molar-refractivity contribution is -0.123. The highest BCUT2D eigenvalue weighted by Gasteiger charge is 2.20. The third-order valence-corrected chi connectivity index (χ3v) is 10.8. The van der Waals surface area contributed by atoms with Crippen molar-refractivity contribution in [2.24, 2.45) is 0 Å². The van der Waals surface area contributed by atoms with Crippen LogP contribution in [0.5, 0.6) is 0 Å². The van der Waals surface area contributed by atoms with E-state index in [0.29, 0.717) is 12.8 Å². The molecule has 0 aromatic heterocycles. The quantitative estimate of drug-likeness (QED) is 0.0427. The standard InChI is InChI=1S/C51H93NO3/c1-3-5-7-9-11-13-15-17-19-21-23-24-25-26-27-29-30-32-34-36-38-40-42-44-46-50(54)49(48-53)52-51(55)47-45-43-41-39-37-35-33-31-28-22-20-18-16-14-12-10-8-6-4-2/h6,8,12,14,18,20,28,31,35,37,49-50,53-54H,3-5,7,9-11,13,15-17,19,21-27,29-30,32-34,36,38-48H2,1-2H3,(H,52,55)/b8-6-,14-12-,20-18-,31-28-,37-35-. The molecule has 0 saturated carbocycles. The van der Waals surface area contributed by atoms with Gasteiger partial charge in [-0.2, -0.15) is 0 Å². The second-order valence-electron chi connectivity index (χ2n) is 16.2. The van der Waals surface area contributed by atoms with Crippen LogP contribution in [-0.4, -0.2) is 34.9 Å². The van der Waals surface area contributed by atoms with E-state index in [4.69, 9.17) is 0 Å². The van der Waals surface area contributed by atoms with Gasteiger partial charge in [-0.05, 0) is 57.8 Å². The van der Waals surface area contributed by atoms with E-state index in [1.54, 1.807) is 0 Å². The molecular formula is C51H93NO3. The molecular weight excluding hydrogens is 675 g/mol. The van der Waals surface area contributed by atoms with Crippen LogP contribution < -0.4 is 5.32 Å². The minimum absolute atomic E-state index is 0.0624. The fraction of sp³-hybridized carbons (Fsp3) is 0.784. The van der Waals surface area contributed by atoms with Crippen LogP contribution in [0, 0.1) is 0 Å². The lowest BCUT2D eigenvalue weighted by Crippen LogP contribution is -2.45. The Hall–Kier alpha value is -1.91. The van der Waals surface area contributed by atoms with E-state index in [9.17, 15) is 15.0 Å². The molecule has 320 valence electrons. The molecule has 0 saturated heterocycles. The van der Waals surface area contributed by atoms with Crippen LogP contribution in [-0.2, 0) is 4.79 Å². The fourth-order valence-corrected chi connectivity index (χ4v) is 7.15. The largest absolute Gasteiger partial charge is 0.394 e. The molecule has 0 aromatic carbocycles. The van der Waals surface area contributed by atoms with Crippen LogP contribution in [0.25, 0.3) is 0 Å². The second kappa shape index (κ2) is 46.5. The van der Waals surface area contributed by atoms with Gasteiger partial charge in [0.2, 0.25) is 5.91 Å². The van der Waals surface area contributed by atoms with Crippen molar-refractivity contribution in [2.75, 3.05) is 6.61 Å². The van der Waals surface area contributed by atoms with Crippen molar-refractivity contribution in [3.8, 4) is 0 Å². The average Bonchev–Trinajstić information content (AvgIpc) is 3.19. The Morgan fingerprint density at radius 3 is 1.18 bits per heavy atom. The number of nitrogens with one attached hydrogen (secondary N) is 1. The molecule has 0 aliphatic rings. The summed E-state index contributed by atoms with van der Waals surface area (Å²) in [7, 11) is 0. The Bertz CT molecular complexity index is 919. The number of carbonyl (C=O) groups is 1. The van der Waals surface area contributed by atoms with E-state index in [0.717, 1.165) is 70.6 Å². The Morgan fingerprint density at radius 2 is 0.800 bits per heavy atom. The van der Waals surface area contributed by atoms with Gasteiger partial charge in [-0.25, -0.2) is 0 Å². The zero-order valence-corrected chi connectivity index (χ0v) is 36.7. The highest BCUT2D eigenvalue weighted by Crippen LogP contribution is 2.16. The predicted molar refractivity (Wildman–Crippen MR) is 244 cm³/mol. The number of aliphatic hydroxyl groups excluding tert-OH is 2. The van der Waals surface area contributed by atoms with E-state index in [1.807, 2.05) is 0 Å². The fourth-order valence-electron chi connectivity index (χ4n) is 7.15. The van der Waals surface area contributed by atoms with Gasteiger partial charge in [0.25, 0.3) is 0 Å². The van der Waals surface area contributed by atoms with Gasteiger partial charge in [0, 0.05) is 6.42 Å². The number of hydrogen-bond acceptors (Lipinski definition) is 3. The third-order valence-electron chi connectivity index (χ3n) is 10.8. The van der Waals surface area contributed by atoms with Crippen LogP contribution in [0.4, 0.5) is 0 Å². The minimum Gasteiger partial charge on any atom is -0.394 e. The monoisotopic (exact) mass is 768 g/mol. The zero-order chi connectivity index (χ0) is 40.0. The number of amides is 1. The topological polar surface area (TPSA) is 69.6 Å². The summed E-state index contributed by atoms with van der Waals surface area (Å²) in [6.45, 7) is 4.24. The van der Waals surface area contributed by atoms with Gasteiger partial charge in [0.05, 0.1) is 18.8 Å². The molecule has 0 aliphatic carbocycles. The second-order valence-corrected chi connectivity index (χ2v) is 16.2. The Balaban J connectivity index is 3.55. The van der Waals surface area contributed by atoms with Gasteiger partial charge in [0.1, 0.15) is 0 Å². The number of hydrogen-bond donors (Lipinski definition) is 3. The first-order valence-electron chi connectivity index (χ1n) is 24.0. The summed E-state index contributed by atoms with van der Waals surface area (Å²) in [4.78, 5) is 12.4. The Labute approximate surface area is 343 Å². The molecule has 1 amide bonds. The molecule has 2 unspecified atom stereocenters. The maximum atomic E-state index is 12.4. The van der Waals surface area contributed by atoms with Gasteiger partial charge in [-0.1, -0.05) is 235 Å². The molecule has 4 nitrogen and oxygen atoms in total. The van der Waals surface area contributed by atoms with Crippen molar-refractivity contribution in [1.29, 1.82) is 0 Å². The molecule has 0 aliphatic heterocycles. The third kappa shape index (κ3) is 43.1. The first-order valence-corrected chi connectivity index (χ1v) is 24.0. The van der Waals surface area contributed by atoms with E-state index >= 15 is 0 Å². The lowest BCUT2D eigenvalue weighted by atomic mass is 10.0.